The van der Waals surface area contributed by atoms with Gasteiger partial charge in [-0.1, -0.05) is 0 Å². The predicted octanol–water partition coefficient (Wildman–Crippen LogP) is 3.53. The molecule has 2 aromatic rings. The van der Waals surface area contributed by atoms with E-state index in [-0.39, 0.29) is 5.92 Å². The number of aromatic nitrogens is 1. The Morgan fingerprint density at radius 3 is 2.26 bits per heavy atom. The van der Waals surface area contributed by atoms with Crippen molar-refractivity contribution in [3.63, 3.8) is 0 Å². The predicted molar refractivity (Wildman–Crippen MR) is 81.9 cm³/mol. The molecule has 5 heteroatoms. The van der Waals surface area contributed by atoms with Gasteiger partial charge < -0.3 is 0 Å². The van der Waals surface area contributed by atoms with E-state index >= 15 is 0 Å². The first-order valence-electron chi connectivity index (χ1n) is 6.19. The Bertz CT molecular complexity index is 585. The van der Waals surface area contributed by atoms with E-state index < -0.39 is 6.56 Å². The summed E-state index contributed by atoms with van der Waals surface area (Å²) in [7, 11) is 0. The summed E-state index contributed by atoms with van der Waals surface area (Å²) in [4.78, 5) is 21.6. The maximum atomic E-state index is 10.8. The van der Waals surface area contributed by atoms with Gasteiger partial charge in [-0.05, 0) is 0 Å². The summed E-state index contributed by atoms with van der Waals surface area (Å²) < 4.78 is 1.31. The van der Waals surface area contributed by atoms with Gasteiger partial charge in [-0.25, -0.2) is 0 Å². The van der Waals surface area contributed by atoms with Crippen molar-refractivity contribution in [2.75, 3.05) is 0 Å². The molecule has 0 amide bonds. The quantitative estimate of drug-likeness (QED) is 0.852. The zero-order valence-electron chi connectivity index (χ0n) is 11.3. The van der Waals surface area contributed by atoms with Crippen LogP contribution in [0.25, 0.3) is 0 Å². The Balaban J connectivity index is 2.73. The number of hydrogen-bond donors (Lipinski definition) is 2. The fourth-order valence-corrected chi connectivity index (χ4v) is 4.98. The van der Waals surface area contributed by atoms with Crippen LogP contribution >= 0.6 is 17.8 Å². The van der Waals surface area contributed by atoms with Crippen LogP contribution in [-0.4, -0.2) is 14.1 Å². The third-order valence-corrected chi connectivity index (χ3v) is 6.59. The van der Waals surface area contributed by atoms with Crippen LogP contribution in [0.5, 0.6) is 0 Å². The van der Waals surface area contributed by atoms with E-state index in [0.29, 0.717) is 5.30 Å². The fraction of sp³-hybridized carbons (Fsp3) is 0.286. The zero-order valence-corrected chi connectivity index (χ0v) is 12.9. The Morgan fingerprint density at radius 2 is 1.74 bits per heavy atom. The van der Waals surface area contributed by atoms with Crippen LogP contribution < -0.4 is 5.30 Å². The van der Waals surface area contributed by atoms with Gasteiger partial charge in [0.15, 0.2) is 0 Å². The Morgan fingerprint density at radius 1 is 1.16 bits per heavy atom. The average molecular weight is 300 g/mol. The minimum absolute atomic E-state index is 0.158. The summed E-state index contributed by atoms with van der Waals surface area (Å²) in [5, 5.41) is 0.416. The van der Waals surface area contributed by atoms with E-state index in [9.17, 15) is 9.79 Å². The van der Waals surface area contributed by atoms with Gasteiger partial charge in [0.2, 0.25) is 0 Å². The fourth-order valence-electron chi connectivity index (χ4n) is 2.16. The second-order valence-corrected chi connectivity index (χ2v) is 9.73. The molecule has 104 valence electrons. The average Bonchev–Trinajstić information content (AvgIpc) is 2.82. The summed E-state index contributed by atoms with van der Waals surface area (Å²) in [6.07, 6.45) is 3.16. The number of aryl methyl sites for hydroxylation is 1. The summed E-state index contributed by atoms with van der Waals surface area (Å²) in [5.41, 5.74) is 1.81. The van der Waals surface area contributed by atoms with Gasteiger partial charge in [0.05, 0.1) is 0 Å². The van der Waals surface area contributed by atoms with Crippen molar-refractivity contribution in [2.45, 2.75) is 26.7 Å². The van der Waals surface area contributed by atoms with Crippen molar-refractivity contribution >= 4 is 23.1 Å². The van der Waals surface area contributed by atoms with E-state index in [1.807, 2.05) is 32.9 Å². The molecule has 0 atom stereocenters. The molecule has 0 aliphatic heterocycles. The van der Waals surface area contributed by atoms with Crippen molar-refractivity contribution in [3.8, 4) is 0 Å². The first-order valence-corrected chi connectivity index (χ1v) is 9.19. The molecular weight excluding hydrogens is 281 g/mol. The molecule has 0 saturated heterocycles. The number of rotatable bonds is 3. The van der Waals surface area contributed by atoms with Crippen LogP contribution in [0.15, 0.2) is 42.7 Å². The summed E-state index contributed by atoms with van der Waals surface area (Å²) in [6.45, 7) is 1.29. The van der Waals surface area contributed by atoms with Crippen LogP contribution in [0.1, 0.15) is 30.9 Å². The van der Waals surface area contributed by atoms with Crippen molar-refractivity contribution in [2.24, 2.45) is 0 Å². The summed E-state index contributed by atoms with van der Waals surface area (Å²) in [6, 6.07) is 9.08. The first kappa shape index (κ1) is 14.5. The Labute approximate surface area is 118 Å². The third-order valence-electron chi connectivity index (χ3n) is 3.22. The number of halogens is 1. The van der Waals surface area contributed by atoms with Crippen molar-refractivity contribution in [1.82, 2.24) is 4.34 Å². The molecule has 3 nitrogen and oxygen atoms in total. The van der Waals surface area contributed by atoms with Gasteiger partial charge in [-0.15, -0.1) is 0 Å². The molecule has 0 saturated carbocycles. The summed E-state index contributed by atoms with van der Waals surface area (Å²) >= 11 is 6.31. The topological polar surface area (TPSA) is 45.4 Å². The molecule has 2 rings (SSSR count). The number of benzene rings is 1. The van der Waals surface area contributed by atoms with Gasteiger partial charge in [0.25, 0.3) is 0 Å². The number of nitrogens with zero attached hydrogens (tertiary/aromatic N) is 1. The second kappa shape index (κ2) is 4.60. The molecule has 19 heavy (non-hydrogen) atoms. The Kier molecular flexibility index (Phi) is 3.53. The number of hydrogen-bond acceptors (Lipinski definition) is 2. The standard InChI is InChI=1S/C14H19ClNO2P/c1-11(2)13-7-6-12(3)10-14(13)19(15,17,18)16-8-4-5-9-16/h4-11,17-18H,1-3H3. The minimum atomic E-state index is -4.64. The maximum absolute atomic E-state index is 10.8. The first-order chi connectivity index (χ1) is 8.71. The van der Waals surface area contributed by atoms with Gasteiger partial charge in [0, 0.05) is 0 Å². The molecule has 0 fully saturated rings. The van der Waals surface area contributed by atoms with Gasteiger partial charge in [-0.2, -0.15) is 0 Å². The second-order valence-electron chi connectivity index (χ2n) is 5.16. The monoisotopic (exact) mass is 299 g/mol. The molecule has 0 unspecified atom stereocenters. The van der Waals surface area contributed by atoms with Gasteiger partial charge in [-0.3, -0.25) is 0 Å². The van der Waals surface area contributed by atoms with Crippen LogP contribution in [-0.2, 0) is 0 Å². The molecule has 0 radical (unpaired) electrons. The molecule has 1 heterocycles. The van der Waals surface area contributed by atoms with Crippen molar-refractivity contribution in [3.05, 3.63) is 53.9 Å². The molecule has 0 aliphatic rings. The third kappa shape index (κ3) is 2.56. The van der Waals surface area contributed by atoms with E-state index in [1.165, 1.54) is 4.34 Å². The van der Waals surface area contributed by atoms with E-state index in [4.69, 9.17) is 11.2 Å². The SMILES string of the molecule is Cc1ccc(C(C)C)c(P(O)(O)(Cl)n2cccc2)c1. The van der Waals surface area contributed by atoms with E-state index in [2.05, 4.69) is 0 Å². The molecule has 0 aliphatic carbocycles. The van der Waals surface area contributed by atoms with Crippen LogP contribution in [0.3, 0.4) is 0 Å². The molecule has 0 bridgehead atoms. The van der Waals surface area contributed by atoms with Crippen LogP contribution in [0.4, 0.5) is 0 Å². The molecule has 1 aromatic heterocycles. The zero-order chi connectivity index (χ0) is 14.3. The van der Waals surface area contributed by atoms with Crippen LogP contribution in [0, 0.1) is 6.92 Å². The van der Waals surface area contributed by atoms with Gasteiger partial charge in [0.1, 0.15) is 0 Å². The van der Waals surface area contributed by atoms with Crippen LogP contribution in [0.2, 0.25) is 0 Å². The van der Waals surface area contributed by atoms with E-state index in [1.54, 1.807) is 30.6 Å². The van der Waals surface area contributed by atoms with E-state index in [0.717, 1.165) is 11.1 Å². The summed E-state index contributed by atoms with van der Waals surface area (Å²) in [5.74, 6) is 0.158. The van der Waals surface area contributed by atoms with Crippen molar-refractivity contribution in [1.29, 1.82) is 0 Å². The van der Waals surface area contributed by atoms with Crippen molar-refractivity contribution < 1.29 is 9.79 Å². The molecular formula is C14H19ClNO2P. The van der Waals surface area contributed by atoms with Gasteiger partial charge >= 0.3 is 118 Å². The normalized spacial score (nSPS) is 14.4. The Hall–Kier alpha value is -0.860. The molecule has 2 N–H and O–H groups in total. The molecule has 1 aromatic carbocycles. The molecule has 0 spiro atoms.